The molecule has 0 heterocycles. The summed E-state index contributed by atoms with van der Waals surface area (Å²) < 4.78 is 0. The molecule has 0 aliphatic carbocycles. The summed E-state index contributed by atoms with van der Waals surface area (Å²) in [4.78, 5) is 0. The van der Waals surface area contributed by atoms with Gasteiger partial charge in [-0.3, -0.25) is 0 Å². The summed E-state index contributed by atoms with van der Waals surface area (Å²) in [6.07, 6.45) is 1.13. The molecule has 0 aliphatic rings. The van der Waals surface area contributed by atoms with Gasteiger partial charge in [0.25, 0.3) is 0 Å². The van der Waals surface area contributed by atoms with Gasteiger partial charge in [0, 0.05) is 6.54 Å². The molecule has 0 aromatic heterocycles. The summed E-state index contributed by atoms with van der Waals surface area (Å²) in [5.74, 6) is 0. The molecule has 0 unspecified atom stereocenters. The number of nitrogens with one attached hydrogen (secondary N) is 1. The summed E-state index contributed by atoms with van der Waals surface area (Å²) in [6, 6.07) is 0. The lowest BCUT2D eigenvalue weighted by Gasteiger charge is -2.22. The van der Waals surface area contributed by atoms with Crippen LogP contribution in [-0.4, -0.2) is 11.7 Å². The van der Waals surface area contributed by atoms with Crippen molar-refractivity contribution < 1.29 is 0 Å². The minimum Gasteiger partial charge on any atom is -0.376 e. The van der Waals surface area contributed by atoms with E-state index < -0.39 is 0 Å². The third-order valence-corrected chi connectivity index (χ3v) is 1.84. The minimum atomic E-state index is 0.295. The van der Waals surface area contributed by atoms with Crippen LogP contribution in [0.15, 0.2) is 0 Å². The van der Waals surface area contributed by atoms with E-state index >= 15 is 0 Å². The van der Waals surface area contributed by atoms with E-state index in [2.05, 4.69) is 38.3 Å². The molecule has 10 heavy (non-hydrogen) atoms. The largest absolute Gasteiger partial charge is 0.376 e. The van der Waals surface area contributed by atoms with Crippen molar-refractivity contribution in [2.75, 3.05) is 6.54 Å². The fourth-order valence-electron chi connectivity index (χ4n) is 0.451. The monoisotopic (exact) mass is 160 g/mol. The SMILES string of the molecule is CCC(C)(C)CNC(N)=S. The molecule has 0 fully saturated rings. The lowest BCUT2D eigenvalue weighted by atomic mass is 9.90. The molecule has 0 amide bonds. The van der Waals surface area contributed by atoms with Crippen LogP contribution in [0.1, 0.15) is 27.2 Å². The van der Waals surface area contributed by atoms with Crippen LogP contribution in [-0.2, 0) is 0 Å². The van der Waals surface area contributed by atoms with Crippen molar-refractivity contribution in [1.82, 2.24) is 5.32 Å². The van der Waals surface area contributed by atoms with Crippen LogP contribution >= 0.6 is 12.2 Å². The number of nitrogens with two attached hydrogens (primary N) is 1. The predicted octanol–water partition coefficient (Wildman–Crippen LogP) is 1.26. The van der Waals surface area contributed by atoms with Gasteiger partial charge in [-0.15, -0.1) is 0 Å². The third kappa shape index (κ3) is 4.56. The van der Waals surface area contributed by atoms with Crippen LogP contribution in [0.3, 0.4) is 0 Å². The Morgan fingerprint density at radius 3 is 2.40 bits per heavy atom. The second-order valence-electron chi connectivity index (χ2n) is 3.24. The highest BCUT2D eigenvalue weighted by atomic mass is 32.1. The predicted molar refractivity (Wildman–Crippen MR) is 48.9 cm³/mol. The fourth-order valence-corrected chi connectivity index (χ4v) is 0.524. The third-order valence-electron chi connectivity index (χ3n) is 1.70. The fraction of sp³-hybridized carbons (Fsp3) is 0.857. The van der Waals surface area contributed by atoms with Crippen molar-refractivity contribution in [3.05, 3.63) is 0 Å². The van der Waals surface area contributed by atoms with Gasteiger partial charge in [-0.25, -0.2) is 0 Å². The molecule has 3 heteroatoms. The van der Waals surface area contributed by atoms with Crippen LogP contribution in [0.5, 0.6) is 0 Å². The second kappa shape index (κ2) is 3.76. The van der Waals surface area contributed by atoms with E-state index in [1.807, 2.05) is 0 Å². The van der Waals surface area contributed by atoms with Crippen LogP contribution < -0.4 is 11.1 Å². The average Bonchev–Trinajstić information content (AvgIpc) is 1.85. The summed E-state index contributed by atoms with van der Waals surface area (Å²) in [7, 11) is 0. The zero-order valence-electron chi connectivity index (χ0n) is 6.90. The van der Waals surface area contributed by atoms with Gasteiger partial charge in [0.15, 0.2) is 5.11 Å². The molecule has 0 atom stereocenters. The van der Waals surface area contributed by atoms with E-state index in [0.717, 1.165) is 13.0 Å². The standard InChI is InChI=1S/C7H16N2S/c1-4-7(2,3)5-9-6(8)10/h4-5H2,1-3H3,(H3,8,9,10). The Labute approximate surface area is 68.2 Å². The van der Waals surface area contributed by atoms with Crippen LogP contribution in [0.4, 0.5) is 0 Å². The van der Waals surface area contributed by atoms with Crippen LogP contribution in [0.2, 0.25) is 0 Å². The molecular formula is C7H16N2S. The molecule has 0 radical (unpaired) electrons. The summed E-state index contributed by atoms with van der Waals surface area (Å²) in [5, 5.41) is 3.34. The molecule has 0 saturated heterocycles. The normalized spacial score (nSPS) is 11.1. The van der Waals surface area contributed by atoms with E-state index in [4.69, 9.17) is 5.73 Å². The number of hydrogen-bond acceptors (Lipinski definition) is 1. The van der Waals surface area contributed by atoms with E-state index in [9.17, 15) is 0 Å². The Hall–Kier alpha value is -0.310. The molecule has 0 rings (SSSR count). The molecule has 0 bridgehead atoms. The number of thiocarbonyl (C=S) groups is 1. The van der Waals surface area contributed by atoms with Crippen molar-refractivity contribution in [2.24, 2.45) is 11.1 Å². The van der Waals surface area contributed by atoms with Crippen molar-refractivity contribution in [1.29, 1.82) is 0 Å². The zero-order chi connectivity index (χ0) is 8.20. The van der Waals surface area contributed by atoms with E-state index in [1.165, 1.54) is 0 Å². The maximum Gasteiger partial charge on any atom is 0.163 e. The van der Waals surface area contributed by atoms with Gasteiger partial charge >= 0.3 is 0 Å². The Bertz CT molecular complexity index is 121. The average molecular weight is 160 g/mol. The zero-order valence-corrected chi connectivity index (χ0v) is 7.72. The van der Waals surface area contributed by atoms with Gasteiger partial charge in [0.05, 0.1) is 0 Å². The summed E-state index contributed by atoms with van der Waals surface area (Å²) in [5.41, 5.74) is 5.57. The van der Waals surface area contributed by atoms with Gasteiger partial charge in [-0.05, 0) is 24.1 Å². The van der Waals surface area contributed by atoms with Crippen LogP contribution in [0, 0.1) is 5.41 Å². The highest BCUT2D eigenvalue weighted by Gasteiger charge is 2.13. The molecule has 0 aromatic carbocycles. The first-order valence-electron chi connectivity index (χ1n) is 3.51. The molecule has 2 nitrogen and oxygen atoms in total. The Morgan fingerprint density at radius 2 is 2.10 bits per heavy atom. The quantitative estimate of drug-likeness (QED) is 0.610. The maximum absolute atomic E-state index is 5.27. The summed E-state index contributed by atoms with van der Waals surface area (Å²) in [6.45, 7) is 7.37. The van der Waals surface area contributed by atoms with Gasteiger partial charge in [0.2, 0.25) is 0 Å². The van der Waals surface area contributed by atoms with Gasteiger partial charge in [0.1, 0.15) is 0 Å². The lowest BCUT2D eigenvalue weighted by molar-refractivity contribution is 0.350. The van der Waals surface area contributed by atoms with Gasteiger partial charge in [-0.2, -0.15) is 0 Å². The molecule has 0 aliphatic heterocycles. The van der Waals surface area contributed by atoms with E-state index in [0.29, 0.717) is 10.5 Å². The molecule has 0 aromatic rings. The number of hydrogen-bond donors (Lipinski definition) is 2. The molecule has 0 saturated carbocycles. The lowest BCUT2D eigenvalue weighted by Crippen LogP contribution is -2.36. The highest BCUT2D eigenvalue weighted by Crippen LogP contribution is 2.17. The molecule has 0 spiro atoms. The van der Waals surface area contributed by atoms with Gasteiger partial charge in [-0.1, -0.05) is 20.8 Å². The topological polar surface area (TPSA) is 38.0 Å². The maximum atomic E-state index is 5.27. The molecular weight excluding hydrogens is 144 g/mol. The number of rotatable bonds is 3. The van der Waals surface area contributed by atoms with E-state index in [-0.39, 0.29) is 0 Å². The highest BCUT2D eigenvalue weighted by molar-refractivity contribution is 7.80. The summed E-state index contributed by atoms with van der Waals surface area (Å²) >= 11 is 4.68. The first kappa shape index (κ1) is 9.69. The second-order valence-corrected chi connectivity index (χ2v) is 3.68. The first-order valence-corrected chi connectivity index (χ1v) is 3.92. The molecule has 3 N–H and O–H groups in total. The smallest absolute Gasteiger partial charge is 0.163 e. The van der Waals surface area contributed by atoms with Crippen LogP contribution in [0.25, 0.3) is 0 Å². The minimum absolute atomic E-state index is 0.295. The van der Waals surface area contributed by atoms with Crippen molar-refractivity contribution in [3.8, 4) is 0 Å². The first-order chi connectivity index (χ1) is 4.48. The molecule has 60 valence electrons. The van der Waals surface area contributed by atoms with Gasteiger partial charge < -0.3 is 11.1 Å². The van der Waals surface area contributed by atoms with Crippen molar-refractivity contribution >= 4 is 17.3 Å². The Balaban J connectivity index is 3.56. The van der Waals surface area contributed by atoms with Crippen molar-refractivity contribution in [2.45, 2.75) is 27.2 Å². The Morgan fingerprint density at radius 1 is 1.60 bits per heavy atom. The van der Waals surface area contributed by atoms with E-state index in [1.54, 1.807) is 0 Å². The van der Waals surface area contributed by atoms with Crippen molar-refractivity contribution in [3.63, 3.8) is 0 Å². The Kier molecular flexibility index (Phi) is 3.64.